The molecule has 1 unspecified atom stereocenters. The third-order valence-corrected chi connectivity index (χ3v) is 5.46. The number of amides is 2. The smallest absolute Gasteiger partial charge is 0.258 e. The van der Waals surface area contributed by atoms with Gasteiger partial charge in [0.05, 0.1) is 23.8 Å². The topological polar surface area (TPSA) is 40.6 Å². The summed E-state index contributed by atoms with van der Waals surface area (Å²) in [5.41, 5.74) is 4.41. The maximum Gasteiger partial charge on any atom is 0.258 e. The van der Waals surface area contributed by atoms with E-state index >= 15 is 0 Å². The number of benzene rings is 3. The number of para-hydroxylation sites is 2. The molecule has 0 radical (unpaired) electrons. The average molecular weight is 384 g/mol. The van der Waals surface area contributed by atoms with Gasteiger partial charge in [0.25, 0.3) is 5.91 Å². The Morgan fingerprint density at radius 3 is 2.24 bits per heavy atom. The lowest BCUT2D eigenvalue weighted by Crippen LogP contribution is -2.38. The lowest BCUT2D eigenvalue weighted by molar-refractivity contribution is -0.121. The fraction of sp³-hybridized carbons (Fsp3) is 0.200. The van der Waals surface area contributed by atoms with Gasteiger partial charge in [0.15, 0.2) is 0 Å². The predicted molar refractivity (Wildman–Crippen MR) is 116 cm³/mol. The summed E-state index contributed by atoms with van der Waals surface area (Å²) in [4.78, 5) is 30.2. The summed E-state index contributed by atoms with van der Waals surface area (Å²) in [5.74, 6) is -0.362. The predicted octanol–water partition coefficient (Wildman–Crippen LogP) is 4.82. The maximum atomic E-state index is 13.3. The number of carbonyl (C=O) groups excluding carboxylic acids is 2. The molecule has 0 saturated heterocycles. The van der Waals surface area contributed by atoms with E-state index in [1.54, 1.807) is 4.90 Å². The zero-order valence-corrected chi connectivity index (χ0v) is 16.7. The molecule has 0 N–H and O–H groups in total. The van der Waals surface area contributed by atoms with Crippen LogP contribution in [0, 0.1) is 12.8 Å². The summed E-state index contributed by atoms with van der Waals surface area (Å²) in [6, 6.07) is 25.0. The van der Waals surface area contributed by atoms with Crippen molar-refractivity contribution in [3.05, 3.63) is 95.6 Å². The average Bonchev–Trinajstić information content (AvgIpc) is 2.86. The molecule has 1 aliphatic rings. The minimum absolute atomic E-state index is 0.0315. The molecule has 4 rings (SSSR count). The minimum atomic E-state index is -0.306. The van der Waals surface area contributed by atoms with Crippen molar-refractivity contribution in [3.63, 3.8) is 0 Å². The monoisotopic (exact) mass is 384 g/mol. The van der Waals surface area contributed by atoms with Crippen LogP contribution in [-0.4, -0.2) is 18.4 Å². The van der Waals surface area contributed by atoms with Gasteiger partial charge in [-0.1, -0.05) is 61.5 Å². The molecular formula is C25H24N2O2. The molecule has 0 saturated carbocycles. The van der Waals surface area contributed by atoms with Gasteiger partial charge in [-0.3, -0.25) is 9.59 Å². The molecule has 1 aliphatic heterocycles. The number of carbonyl (C=O) groups is 2. The molecule has 4 nitrogen and oxygen atoms in total. The van der Waals surface area contributed by atoms with E-state index in [1.807, 2.05) is 84.6 Å². The molecule has 0 fully saturated rings. The highest BCUT2D eigenvalue weighted by Gasteiger charge is 2.34. The number of hydrogen-bond acceptors (Lipinski definition) is 2. The van der Waals surface area contributed by atoms with E-state index in [-0.39, 0.29) is 17.7 Å². The number of rotatable bonds is 3. The Morgan fingerprint density at radius 2 is 1.52 bits per heavy atom. The molecule has 0 aromatic heterocycles. The van der Waals surface area contributed by atoms with Gasteiger partial charge in [-0.15, -0.1) is 0 Å². The fourth-order valence-electron chi connectivity index (χ4n) is 3.81. The second-order valence-electron chi connectivity index (χ2n) is 7.52. The molecule has 1 atom stereocenters. The molecule has 4 heteroatoms. The maximum absolute atomic E-state index is 13.3. The van der Waals surface area contributed by atoms with E-state index in [4.69, 9.17) is 0 Å². The standard InChI is InChI=1S/C25H24N2O2/c1-18-10-6-7-13-21(18)17-27-23-15-9-8-14-22(23)26(16-19(2)24(27)28)25(29)20-11-4-3-5-12-20/h3-15,19H,16-17H2,1-2H3. The summed E-state index contributed by atoms with van der Waals surface area (Å²) in [6.07, 6.45) is 0. The van der Waals surface area contributed by atoms with Crippen molar-refractivity contribution in [1.82, 2.24) is 0 Å². The Kier molecular flexibility index (Phi) is 5.17. The molecule has 0 bridgehead atoms. The first-order chi connectivity index (χ1) is 14.1. The SMILES string of the molecule is Cc1ccccc1CN1C(=O)C(C)CN(C(=O)c2ccccc2)c2ccccc21. The van der Waals surface area contributed by atoms with Crippen molar-refractivity contribution in [3.8, 4) is 0 Å². The summed E-state index contributed by atoms with van der Waals surface area (Å²) in [6.45, 7) is 4.79. The van der Waals surface area contributed by atoms with Crippen LogP contribution in [0.25, 0.3) is 0 Å². The van der Waals surface area contributed by atoms with Gasteiger partial charge >= 0.3 is 0 Å². The Hall–Kier alpha value is -3.40. The van der Waals surface area contributed by atoms with Crippen LogP contribution in [0.3, 0.4) is 0 Å². The molecule has 3 aromatic rings. The van der Waals surface area contributed by atoms with Crippen LogP contribution in [0.5, 0.6) is 0 Å². The molecule has 29 heavy (non-hydrogen) atoms. The molecule has 1 heterocycles. The van der Waals surface area contributed by atoms with Gasteiger partial charge < -0.3 is 9.80 Å². The second-order valence-corrected chi connectivity index (χ2v) is 7.52. The first-order valence-corrected chi connectivity index (χ1v) is 9.88. The third kappa shape index (κ3) is 3.66. The van der Waals surface area contributed by atoms with Gasteiger partial charge in [-0.05, 0) is 42.3 Å². The Balaban J connectivity index is 1.78. The van der Waals surface area contributed by atoms with Gasteiger partial charge in [0.2, 0.25) is 5.91 Å². The van der Waals surface area contributed by atoms with E-state index in [1.165, 1.54) is 0 Å². The van der Waals surface area contributed by atoms with Gasteiger partial charge in [0.1, 0.15) is 0 Å². The Bertz CT molecular complexity index is 1050. The zero-order chi connectivity index (χ0) is 20.4. The normalized spacial score (nSPS) is 16.3. The minimum Gasteiger partial charge on any atom is -0.306 e. The highest BCUT2D eigenvalue weighted by Crippen LogP contribution is 2.36. The zero-order valence-electron chi connectivity index (χ0n) is 16.7. The van der Waals surface area contributed by atoms with Crippen LogP contribution in [0.1, 0.15) is 28.4 Å². The van der Waals surface area contributed by atoms with Gasteiger partial charge in [-0.25, -0.2) is 0 Å². The summed E-state index contributed by atoms with van der Waals surface area (Å²) >= 11 is 0. The quantitative estimate of drug-likeness (QED) is 0.649. The van der Waals surface area contributed by atoms with Crippen molar-refractivity contribution in [2.75, 3.05) is 16.3 Å². The van der Waals surface area contributed by atoms with E-state index in [2.05, 4.69) is 13.0 Å². The first-order valence-electron chi connectivity index (χ1n) is 9.88. The van der Waals surface area contributed by atoms with Crippen molar-refractivity contribution in [2.24, 2.45) is 5.92 Å². The number of nitrogens with zero attached hydrogens (tertiary/aromatic N) is 2. The van der Waals surface area contributed by atoms with Gasteiger partial charge in [-0.2, -0.15) is 0 Å². The van der Waals surface area contributed by atoms with E-state index in [9.17, 15) is 9.59 Å². The van der Waals surface area contributed by atoms with Crippen LogP contribution in [0.4, 0.5) is 11.4 Å². The van der Waals surface area contributed by atoms with Crippen molar-refractivity contribution in [1.29, 1.82) is 0 Å². The molecular weight excluding hydrogens is 360 g/mol. The molecule has 0 spiro atoms. The number of anilines is 2. The summed E-state index contributed by atoms with van der Waals surface area (Å²) in [5, 5.41) is 0. The highest BCUT2D eigenvalue weighted by atomic mass is 16.2. The van der Waals surface area contributed by atoms with Crippen LogP contribution < -0.4 is 9.80 Å². The van der Waals surface area contributed by atoms with Crippen LogP contribution in [-0.2, 0) is 11.3 Å². The van der Waals surface area contributed by atoms with Crippen molar-refractivity contribution in [2.45, 2.75) is 20.4 Å². The number of hydrogen-bond donors (Lipinski definition) is 0. The van der Waals surface area contributed by atoms with E-state index < -0.39 is 0 Å². The van der Waals surface area contributed by atoms with Crippen LogP contribution >= 0.6 is 0 Å². The lowest BCUT2D eigenvalue weighted by Gasteiger charge is -2.26. The van der Waals surface area contributed by atoms with Gasteiger partial charge in [0, 0.05) is 12.1 Å². The third-order valence-electron chi connectivity index (χ3n) is 5.46. The van der Waals surface area contributed by atoms with E-state index in [0.717, 1.165) is 22.5 Å². The Morgan fingerprint density at radius 1 is 0.897 bits per heavy atom. The fourth-order valence-corrected chi connectivity index (χ4v) is 3.81. The van der Waals surface area contributed by atoms with E-state index in [0.29, 0.717) is 18.7 Å². The van der Waals surface area contributed by atoms with Crippen LogP contribution in [0.2, 0.25) is 0 Å². The van der Waals surface area contributed by atoms with Crippen LogP contribution in [0.15, 0.2) is 78.9 Å². The Labute approximate surface area is 171 Å². The highest BCUT2D eigenvalue weighted by molar-refractivity contribution is 6.11. The van der Waals surface area contributed by atoms with Crippen molar-refractivity contribution >= 4 is 23.2 Å². The molecule has 3 aromatic carbocycles. The second kappa shape index (κ2) is 7.92. The molecule has 146 valence electrons. The summed E-state index contributed by atoms with van der Waals surface area (Å²) < 4.78 is 0. The largest absolute Gasteiger partial charge is 0.306 e. The number of fused-ring (bicyclic) bond motifs is 1. The first kappa shape index (κ1) is 18.9. The lowest BCUT2D eigenvalue weighted by atomic mass is 10.1. The summed E-state index contributed by atoms with van der Waals surface area (Å²) in [7, 11) is 0. The van der Waals surface area contributed by atoms with Crippen molar-refractivity contribution < 1.29 is 9.59 Å². The molecule has 0 aliphatic carbocycles. The number of aryl methyl sites for hydroxylation is 1. The molecule has 2 amide bonds.